The van der Waals surface area contributed by atoms with E-state index in [-0.39, 0.29) is 0 Å². The highest BCUT2D eigenvalue weighted by atomic mass is 16.5. The molecule has 1 aliphatic rings. The van der Waals surface area contributed by atoms with E-state index in [1.807, 2.05) is 7.05 Å². The second kappa shape index (κ2) is 4.47. The number of benzene rings is 1. The molecule has 76 valence electrons. The average Bonchev–Trinajstić information content (AvgIpc) is 2.26. The van der Waals surface area contributed by atoms with E-state index in [1.54, 1.807) is 0 Å². The minimum absolute atomic E-state index is 0.879. The lowest BCUT2D eigenvalue weighted by Crippen LogP contribution is -2.14. The average molecular weight is 191 g/mol. The number of hydrogen-bond donors (Lipinski definition) is 1. The van der Waals surface area contributed by atoms with Crippen molar-refractivity contribution in [3.8, 4) is 5.75 Å². The molecule has 1 aromatic rings. The lowest BCUT2D eigenvalue weighted by molar-refractivity contribution is 0.285. The minimum atomic E-state index is 0.879. The Morgan fingerprint density at radius 1 is 1.43 bits per heavy atom. The first-order chi connectivity index (χ1) is 6.92. The molecule has 0 saturated heterocycles. The number of hydrogen-bond acceptors (Lipinski definition) is 2. The molecular formula is C12H17NO. The van der Waals surface area contributed by atoms with Crippen LogP contribution in [0.15, 0.2) is 18.2 Å². The van der Waals surface area contributed by atoms with Crippen LogP contribution in [0, 0.1) is 0 Å². The van der Waals surface area contributed by atoms with Gasteiger partial charge in [-0.25, -0.2) is 0 Å². The number of nitrogens with one attached hydrogen (secondary N) is 1. The maximum Gasteiger partial charge on any atom is 0.125 e. The second-order valence-corrected chi connectivity index (χ2v) is 3.71. The minimum Gasteiger partial charge on any atom is -0.493 e. The van der Waals surface area contributed by atoms with Gasteiger partial charge in [0.2, 0.25) is 0 Å². The molecule has 0 saturated carbocycles. The van der Waals surface area contributed by atoms with Crippen molar-refractivity contribution >= 4 is 0 Å². The van der Waals surface area contributed by atoms with Gasteiger partial charge in [0.05, 0.1) is 6.61 Å². The van der Waals surface area contributed by atoms with Gasteiger partial charge < -0.3 is 10.1 Å². The Balaban J connectivity index is 2.21. The zero-order valence-corrected chi connectivity index (χ0v) is 8.68. The number of para-hydroxylation sites is 1. The maximum atomic E-state index is 5.72. The summed E-state index contributed by atoms with van der Waals surface area (Å²) in [5.41, 5.74) is 2.72. The fourth-order valence-electron chi connectivity index (χ4n) is 1.91. The van der Waals surface area contributed by atoms with Crippen molar-refractivity contribution in [2.75, 3.05) is 20.2 Å². The van der Waals surface area contributed by atoms with Crippen LogP contribution < -0.4 is 10.1 Å². The van der Waals surface area contributed by atoms with Crippen LogP contribution in [-0.4, -0.2) is 20.2 Å². The monoisotopic (exact) mass is 191 g/mol. The van der Waals surface area contributed by atoms with Gasteiger partial charge in [0, 0.05) is 0 Å². The zero-order chi connectivity index (χ0) is 9.80. The van der Waals surface area contributed by atoms with Gasteiger partial charge in [0.15, 0.2) is 0 Å². The van der Waals surface area contributed by atoms with E-state index in [2.05, 4.69) is 23.5 Å². The van der Waals surface area contributed by atoms with Crippen molar-refractivity contribution < 1.29 is 4.74 Å². The normalized spacial score (nSPS) is 14.6. The SMILES string of the molecule is CNCCc1cccc2c1OCCC2. The first-order valence-electron chi connectivity index (χ1n) is 5.30. The van der Waals surface area contributed by atoms with Gasteiger partial charge in [0.1, 0.15) is 5.75 Å². The third-order valence-electron chi connectivity index (χ3n) is 2.66. The lowest BCUT2D eigenvalue weighted by Gasteiger charge is -2.20. The smallest absolute Gasteiger partial charge is 0.125 e. The van der Waals surface area contributed by atoms with Crippen molar-refractivity contribution in [3.05, 3.63) is 29.3 Å². The molecule has 1 N–H and O–H groups in total. The number of aryl methyl sites for hydroxylation is 1. The summed E-state index contributed by atoms with van der Waals surface area (Å²) in [4.78, 5) is 0. The summed E-state index contributed by atoms with van der Waals surface area (Å²) in [6.07, 6.45) is 3.38. The summed E-state index contributed by atoms with van der Waals surface area (Å²) in [7, 11) is 1.98. The van der Waals surface area contributed by atoms with E-state index < -0.39 is 0 Å². The number of fused-ring (bicyclic) bond motifs is 1. The van der Waals surface area contributed by atoms with Crippen LogP contribution in [0.4, 0.5) is 0 Å². The molecule has 1 aliphatic heterocycles. The number of likely N-dealkylation sites (N-methyl/N-ethyl adjacent to an activating group) is 1. The van der Waals surface area contributed by atoms with Gasteiger partial charge in [-0.1, -0.05) is 18.2 Å². The molecule has 0 fully saturated rings. The van der Waals surface area contributed by atoms with Gasteiger partial charge in [-0.05, 0) is 44.0 Å². The summed E-state index contributed by atoms with van der Waals surface area (Å²) in [5, 5.41) is 3.17. The molecule has 0 aliphatic carbocycles. The highest BCUT2D eigenvalue weighted by molar-refractivity contribution is 5.42. The quantitative estimate of drug-likeness (QED) is 0.786. The molecule has 2 nitrogen and oxygen atoms in total. The van der Waals surface area contributed by atoms with Crippen LogP contribution >= 0.6 is 0 Å². The largest absolute Gasteiger partial charge is 0.493 e. The first kappa shape index (κ1) is 9.53. The van der Waals surface area contributed by atoms with Gasteiger partial charge in [-0.15, -0.1) is 0 Å². The summed E-state index contributed by atoms with van der Waals surface area (Å²) in [5.74, 6) is 1.15. The standard InChI is InChI=1S/C12H17NO/c1-13-8-7-11-5-2-4-10-6-3-9-14-12(10)11/h2,4-5,13H,3,6-9H2,1H3. The summed E-state index contributed by atoms with van der Waals surface area (Å²) >= 11 is 0. The van der Waals surface area contributed by atoms with Crippen molar-refractivity contribution in [1.29, 1.82) is 0 Å². The molecule has 14 heavy (non-hydrogen) atoms. The van der Waals surface area contributed by atoms with Crippen molar-refractivity contribution in [3.63, 3.8) is 0 Å². The second-order valence-electron chi connectivity index (χ2n) is 3.71. The first-order valence-corrected chi connectivity index (χ1v) is 5.30. The number of ether oxygens (including phenoxy) is 1. The fourth-order valence-corrected chi connectivity index (χ4v) is 1.91. The molecule has 2 heteroatoms. The fraction of sp³-hybridized carbons (Fsp3) is 0.500. The van der Waals surface area contributed by atoms with Gasteiger partial charge in [-0.3, -0.25) is 0 Å². The van der Waals surface area contributed by atoms with E-state index in [9.17, 15) is 0 Å². The van der Waals surface area contributed by atoms with Crippen LogP contribution in [0.5, 0.6) is 5.75 Å². The molecule has 0 amide bonds. The van der Waals surface area contributed by atoms with Gasteiger partial charge in [0.25, 0.3) is 0 Å². The molecule has 0 atom stereocenters. The van der Waals surface area contributed by atoms with Crippen LogP contribution in [-0.2, 0) is 12.8 Å². The van der Waals surface area contributed by atoms with Gasteiger partial charge >= 0.3 is 0 Å². The third-order valence-corrected chi connectivity index (χ3v) is 2.66. The Morgan fingerprint density at radius 3 is 3.21 bits per heavy atom. The summed E-state index contributed by atoms with van der Waals surface area (Å²) in [6, 6.07) is 6.48. The van der Waals surface area contributed by atoms with E-state index in [0.29, 0.717) is 0 Å². The van der Waals surface area contributed by atoms with Crippen molar-refractivity contribution in [2.24, 2.45) is 0 Å². The highest BCUT2D eigenvalue weighted by Gasteiger charge is 2.13. The summed E-state index contributed by atoms with van der Waals surface area (Å²) in [6.45, 7) is 1.89. The van der Waals surface area contributed by atoms with Crippen LogP contribution in [0.25, 0.3) is 0 Å². The Labute approximate surface area is 85.3 Å². The Morgan fingerprint density at radius 2 is 2.36 bits per heavy atom. The third kappa shape index (κ3) is 1.90. The molecular weight excluding hydrogens is 174 g/mol. The Kier molecular flexibility index (Phi) is 3.04. The Bertz CT molecular complexity index is 309. The molecule has 1 aromatic carbocycles. The predicted octanol–water partition coefficient (Wildman–Crippen LogP) is 1.77. The molecule has 1 heterocycles. The molecule has 2 rings (SSSR count). The number of rotatable bonds is 3. The molecule has 0 bridgehead atoms. The topological polar surface area (TPSA) is 21.3 Å². The van der Waals surface area contributed by atoms with Gasteiger partial charge in [-0.2, -0.15) is 0 Å². The zero-order valence-electron chi connectivity index (χ0n) is 8.68. The predicted molar refractivity (Wildman–Crippen MR) is 57.9 cm³/mol. The summed E-state index contributed by atoms with van der Waals surface area (Å²) < 4.78 is 5.72. The van der Waals surface area contributed by atoms with Crippen LogP contribution in [0.2, 0.25) is 0 Å². The maximum absolute atomic E-state index is 5.72. The Hall–Kier alpha value is -1.02. The van der Waals surface area contributed by atoms with E-state index in [1.165, 1.54) is 17.5 Å². The lowest BCUT2D eigenvalue weighted by atomic mass is 10.0. The van der Waals surface area contributed by atoms with E-state index in [4.69, 9.17) is 4.74 Å². The van der Waals surface area contributed by atoms with Crippen LogP contribution in [0.1, 0.15) is 17.5 Å². The van der Waals surface area contributed by atoms with Crippen molar-refractivity contribution in [1.82, 2.24) is 5.32 Å². The molecule has 0 radical (unpaired) electrons. The van der Waals surface area contributed by atoms with Crippen LogP contribution in [0.3, 0.4) is 0 Å². The van der Waals surface area contributed by atoms with E-state index in [0.717, 1.165) is 31.7 Å². The van der Waals surface area contributed by atoms with Crippen molar-refractivity contribution in [2.45, 2.75) is 19.3 Å². The molecule has 0 aromatic heterocycles. The molecule has 0 unspecified atom stereocenters. The highest BCUT2D eigenvalue weighted by Crippen LogP contribution is 2.28. The molecule has 0 spiro atoms. The van der Waals surface area contributed by atoms with E-state index >= 15 is 0 Å².